The van der Waals surface area contributed by atoms with Gasteiger partial charge in [0.15, 0.2) is 0 Å². The van der Waals surface area contributed by atoms with Crippen LogP contribution in [0.4, 0.5) is 18.9 Å². The number of hydrogen-bond acceptors (Lipinski definition) is 3. The minimum Gasteiger partial charge on any atom is -0.376 e. The Hall–Kier alpha value is -2.25. The van der Waals surface area contributed by atoms with E-state index >= 15 is 0 Å². The summed E-state index contributed by atoms with van der Waals surface area (Å²) < 4.78 is 38.4. The molecule has 2 N–H and O–H groups in total. The fraction of sp³-hybridized carbons (Fsp3) is 0.619. The molecule has 1 aromatic rings. The quantitative estimate of drug-likeness (QED) is 0.601. The minimum absolute atomic E-state index is 0.0233. The predicted molar refractivity (Wildman–Crippen MR) is 106 cm³/mol. The molecule has 0 spiro atoms. The van der Waals surface area contributed by atoms with Crippen LogP contribution in [0.3, 0.4) is 0 Å². The molecule has 1 atom stereocenters. The van der Waals surface area contributed by atoms with Crippen molar-refractivity contribution in [3.8, 4) is 0 Å². The Bertz CT molecular complexity index is 679. The van der Waals surface area contributed by atoms with Crippen molar-refractivity contribution in [1.82, 2.24) is 10.2 Å². The van der Waals surface area contributed by atoms with Crippen molar-refractivity contribution in [2.45, 2.75) is 51.6 Å². The van der Waals surface area contributed by atoms with Crippen molar-refractivity contribution in [2.75, 3.05) is 31.5 Å². The maximum Gasteiger partial charge on any atom is 0.416 e. The van der Waals surface area contributed by atoms with Gasteiger partial charge in [-0.2, -0.15) is 13.2 Å². The Kier molecular flexibility index (Phi) is 8.79. The van der Waals surface area contributed by atoms with Gasteiger partial charge >= 0.3 is 6.18 Å². The zero-order valence-electron chi connectivity index (χ0n) is 16.9. The van der Waals surface area contributed by atoms with Gasteiger partial charge in [-0.25, -0.2) is 0 Å². The first-order valence-corrected chi connectivity index (χ1v) is 10.3. The first-order valence-electron chi connectivity index (χ1n) is 10.3. The van der Waals surface area contributed by atoms with Gasteiger partial charge in [0.25, 0.3) is 0 Å². The molecule has 29 heavy (non-hydrogen) atoms. The molecular formula is C21H30F3N3O2. The van der Waals surface area contributed by atoms with Crippen LogP contribution in [0, 0.1) is 5.92 Å². The van der Waals surface area contributed by atoms with Crippen molar-refractivity contribution in [1.29, 1.82) is 0 Å². The molecule has 1 fully saturated rings. The van der Waals surface area contributed by atoms with E-state index in [1.807, 2.05) is 0 Å². The SMILES string of the molecule is CCCCCCNC(=O)C1CCCN(C(=O)CNc2cccc(C(F)(F)F)c2)C1. The topological polar surface area (TPSA) is 61.4 Å². The highest BCUT2D eigenvalue weighted by Crippen LogP contribution is 2.30. The summed E-state index contributed by atoms with van der Waals surface area (Å²) in [6.45, 7) is 3.59. The number of piperidine rings is 1. The van der Waals surface area contributed by atoms with Crippen molar-refractivity contribution in [3.05, 3.63) is 29.8 Å². The van der Waals surface area contributed by atoms with Crippen LogP contribution in [0.15, 0.2) is 24.3 Å². The highest BCUT2D eigenvalue weighted by Gasteiger charge is 2.31. The van der Waals surface area contributed by atoms with Gasteiger partial charge in [0.2, 0.25) is 11.8 Å². The van der Waals surface area contributed by atoms with E-state index in [1.165, 1.54) is 12.1 Å². The Morgan fingerprint density at radius 3 is 2.72 bits per heavy atom. The van der Waals surface area contributed by atoms with Gasteiger partial charge in [-0.05, 0) is 37.5 Å². The molecule has 1 unspecified atom stereocenters. The summed E-state index contributed by atoms with van der Waals surface area (Å²) in [5.74, 6) is -0.472. The number of nitrogens with zero attached hydrogens (tertiary/aromatic N) is 1. The third-order valence-corrected chi connectivity index (χ3v) is 5.11. The fourth-order valence-corrected chi connectivity index (χ4v) is 3.42. The zero-order chi connectivity index (χ0) is 21.3. The third kappa shape index (κ3) is 7.59. The molecule has 2 amide bonds. The van der Waals surface area contributed by atoms with Crippen LogP contribution in [0.2, 0.25) is 0 Å². The molecule has 1 aliphatic heterocycles. The van der Waals surface area contributed by atoms with Crippen LogP contribution in [-0.2, 0) is 15.8 Å². The highest BCUT2D eigenvalue weighted by atomic mass is 19.4. The molecule has 0 radical (unpaired) electrons. The lowest BCUT2D eigenvalue weighted by Gasteiger charge is -2.32. The molecule has 0 saturated carbocycles. The number of anilines is 1. The number of carbonyl (C=O) groups is 2. The maximum absolute atomic E-state index is 12.8. The average Bonchev–Trinajstić information content (AvgIpc) is 2.71. The smallest absolute Gasteiger partial charge is 0.376 e. The second kappa shape index (κ2) is 11.1. The van der Waals surface area contributed by atoms with Gasteiger partial charge in [-0.15, -0.1) is 0 Å². The van der Waals surface area contributed by atoms with E-state index in [-0.39, 0.29) is 30.0 Å². The van der Waals surface area contributed by atoms with E-state index in [4.69, 9.17) is 0 Å². The van der Waals surface area contributed by atoms with Gasteiger partial charge in [0.1, 0.15) is 0 Å². The molecule has 0 aliphatic carbocycles. The van der Waals surface area contributed by atoms with Crippen LogP contribution < -0.4 is 10.6 Å². The van der Waals surface area contributed by atoms with E-state index in [0.29, 0.717) is 19.6 Å². The monoisotopic (exact) mass is 413 g/mol. The molecule has 0 aromatic heterocycles. The zero-order valence-corrected chi connectivity index (χ0v) is 16.9. The number of benzene rings is 1. The van der Waals surface area contributed by atoms with Gasteiger partial charge in [-0.3, -0.25) is 9.59 Å². The van der Waals surface area contributed by atoms with Crippen LogP contribution in [-0.4, -0.2) is 42.9 Å². The second-order valence-electron chi connectivity index (χ2n) is 7.46. The van der Waals surface area contributed by atoms with Crippen molar-refractivity contribution in [2.24, 2.45) is 5.92 Å². The number of amides is 2. The molecule has 5 nitrogen and oxygen atoms in total. The summed E-state index contributed by atoms with van der Waals surface area (Å²) in [7, 11) is 0. The molecule has 162 valence electrons. The van der Waals surface area contributed by atoms with Crippen LogP contribution >= 0.6 is 0 Å². The van der Waals surface area contributed by atoms with Crippen LogP contribution in [0.5, 0.6) is 0 Å². The van der Waals surface area contributed by atoms with Gasteiger partial charge in [0.05, 0.1) is 18.0 Å². The Morgan fingerprint density at radius 1 is 1.21 bits per heavy atom. The molecule has 8 heteroatoms. The lowest BCUT2D eigenvalue weighted by Crippen LogP contribution is -2.47. The fourth-order valence-electron chi connectivity index (χ4n) is 3.42. The van der Waals surface area contributed by atoms with E-state index in [9.17, 15) is 22.8 Å². The molecule has 1 aliphatic rings. The van der Waals surface area contributed by atoms with Gasteiger partial charge in [-0.1, -0.05) is 32.3 Å². The summed E-state index contributed by atoms with van der Waals surface area (Å²) in [5.41, 5.74) is -0.518. The van der Waals surface area contributed by atoms with Crippen molar-refractivity contribution >= 4 is 17.5 Å². The van der Waals surface area contributed by atoms with Crippen molar-refractivity contribution < 1.29 is 22.8 Å². The molecule has 1 saturated heterocycles. The lowest BCUT2D eigenvalue weighted by atomic mass is 9.97. The number of alkyl halides is 3. The van der Waals surface area contributed by atoms with Gasteiger partial charge in [0, 0.05) is 25.3 Å². The molecule has 2 rings (SSSR count). The lowest BCUT2D eigenvalue weighted by molar-refractivity contribution is -0.137. The number of nitrogens with one attached hydrogen (secondary N) is 2. The maximum atomic E-state index is 12.8. The average molecular weight is 413 g/mol. The molecule has 0 bridgehead atoms. The normalized spacial score (nSPS) is 17.1. The molecule has 1 aromatic carbocycles. The third-order valence-electron chi connectivity index (χ3n) is 5.11. The summed E-state index contributed by atoms with van der Waals surface area (Å²) >= 11 is 0. The van der Waals surface area contributed by atoms with E-state index in [2.05, 4.69) is 17.6 Å². The number of likely N-dealkylation sites (tertiary alicyclic amines) is 1. The first kappa shape index (κ1) is 23.0. The Balaban J connectivity index is 1.80. The number of rotatable bonds is 9. The summed E-state index contributed by atoms with van der Waals surface area (Å²) in [4.78, 5) is 26.4. The largest absolute Gasteiger partial charge is 0.416 e. The van der Waals surface area contributed by atoms with E-state index < -0.39 is 11.7 Å². The second-order valence-corrected chi connectivity index (χ2v) is 7.46. The summed E-state index contributed by atoms with van der Waals surface area (Å²) in [6, 6.07) is 4.77. The highest BCUT2D eigenvalue weighted by molar-refractivity contribution is 5.83. The Morgan fingerprint density at radius 2 is 2.00 bits per heavy atom. The number of halogens is 3. The van der Waals surface area contributed by atoms with E-state index in [0.717, 1.165) is 50.7 Å². The standard InChI is InChI=1S/C21H30F3N3O2/c1-2-3-4-5-11-25-20(29)16-8-7-12-27(15-16)19(28)14-26-18-10-6-9-17(13-18)21(22,23)24/h6,9-10,13,16,26H,2-5,7-8,11-12,14-15H2,1H3,(H,25,29). The number of unbranched alkanes of at least 4 members (excludes halogenated alkanes) is 3. The number of hydrogen-bond donors (Lipinski definition) is 2. The van der Waals surface area contributed by atoms with Crippen LogP contribution in [0.25, 0.3) is 0 Å². The van der Waals surface area contributed by atoms with E-state index in [1.54, 1.807) is 4.90 Å². The summed E-state index contributed by atoms with van der Waals surface area (Å²) in [5, 5.41) is 5.71. The van der Waals surface area contributed by atoms with Crippen molar-refractivity contribution in [3.63, 3.8) is 0 Å². The molecular weight excluding hydrogens is 383 g/mol. The Labute approximate surface area is 170 Å². The number of carbonyl (C=O) groups excluding carboxylic acids is 2. The first-order chi connectivity index (χ1) is 13.8. The summed E-state index contributed by atoms with van der Waals surface area (Å²) in [6.07, 6.45) is 1.40. The van der Waals surface area contributed by atoms with Crippen LogP contribution in [0.1, 0.15) is 51.0 Å². The minimum atomic E-state index is -4.42. The van der Waals surface area contributed by atoms with Gasteiger partial charge < -0.3 is 15.5 Å². The molecule has 1 heterocycles. The predicted octanol–water partition coefficient (Wildman–Crippen LogP) is 4.05.